The molecule has 3 N–H and O–H groups in total. The van der Waals surface area contributed by atoms with E-state index in [-0.39, 0.29) is 5.96 Å². The maximum atomic E-state index is 7.32. The van der Waals surface area contributed by atoms with Crippen molar-refractivity contribution in [1.29, 1.82) is 5.41 Å². The van der Waals surface area contributed by atoms with Crippen LogP contribution in [-0.2, 0) is 0 Å². The summed E-state index contributed by atoms with van der Waals surface area (Å²) in [5.74, 6) is 0.320. The van der Waals surface area contributed by atoms with E-state index < -0.39 is 0 Å². The fraction of sp³-hybridized carbons (Fsp3) is 0.333. The second kappa shape index (κ2) is 4.35. The highest BCUT2D eigenvalue weighted by Gasteiger charge is 2.21. The smallest absolute Gasteiger partial charge is 0.209 e. The lowest BCUT2D eigenvalue weighted by Crippen LogP contribution is -2.29. The van der Waals surface area contributed by atoms with Gasteiger partial charge in [0.2, 0.25) is 5.96 Å². The lowest BCUT2D eigenvalue weighted by atomic mass is 9.95. The molecule has 2 rings (SSSR count). The molecular weight excluding hydrogens is 200 g/mol. The molecule has 1 aliphatic rings. The monoisotopic (exact) mass is 216 g/mol. The molecule has 0 aromatic heterocycles. The van der Waals surface area contributed by atoms with Gasteiger partial charge in [-0.2, -0.15) is 5.10 Å². The minimum Gasteiger partial charge on any atom is -0.369 e. The van der Waals surface area contributed by atoms with Crippen molar-refractivity contribution in [2.45, 2.75) is 19.3 Å². The van der Waals surface area contributed by atoms with Crippen LogP contribution in [0.4, 0.5) is 0 Å². The molecule has 0 saturated carbocycles. The summed E-state index contributed by atoms with van der Waals surface area (Å²) in [7, 11) is 0. The third-order valence-corrected chi connectivity index (χ3v) is 2.91. The van der Waals surface area contributed by atoms with Crippen molar-refractivity contribution in [3.8, 4) is 0 Å². The lowest BCUT2D eigenvalue weighted by molar-refractivity contribution is 0.481. The van der Waals surface area contributed by atoms with E-state index in [1.807, 2.05) is 18.2 Å². The van der Waals surface area contributed by atoms with Gasteiger partial charge >= 0.3 is 0 Å². The molecule has 1 aromatic carbocycles. The van der Waals surface area contributed by atoms with E-state index >= 15 is 0 Å². The van der Waals surface area contributed by atoms with E-state index in [0.29, 0.717) is 5.92 Å². The third kappa shape index (κ3) is 2.05. The quantitative estimate of drug-likeness (QED) is 0.584. The summed E-state index contributed by atoms with van der Waals surface area (Å²) in [6, 6.07) is 10.3. The molecule has 1 aromatic rings. The zero-order valence-corrected chi connectivity index (χ0v) is 9.35. The van der Waals surface area contributed by atoms with Crippen molar-refractivity contribution in [2.24, 2.45) is 10.8 Å². The minimum absolute atomic E-state index is 0.0234. The Labute approximate surface area is 95.3 Å². The largest absolute Gasteiger partial charge is 0.369 e. The molecule has 4 nitrogen and oxygen atoms in total. The van der Waals surface area contributed by atoms with Gasteiger partial charge < -0.3 is 5.73 Å². The van der Waals surface area contributed by atoms with Gasteiger partial charge in [-0.25, -0.2) is 5.01 Å². The number of hydrogen-bond acceptors (Lipinski definition) is 2. The fourth-order valence-corrected chi connectivity index (χ4v) is 1.89. The molecule has 0 bridgehead atoms. The number of nitrogens with one attached hydrogen (secondary N) is 1. The molecule has 0 unspecified atom stereocenters. The van der Waals surface area contributed by atoms with Crippen molar-refractivity contribution in [2.75, 3.05) is 6.54 Å². The zero-order valence-electron chi connectivity index (χ0n) is 9.35. The maximum Gasteiger partial charge on any atom is 0.209 e. The highest BCUT2D eigenvalue weighted by atomic mass is 15.5. The second-order valence-corrected chi connectivity index (χ2v) is 3.98. The van der Waals surface area contributed by atoms with Crippen molar-refractivity contribution in [3.05, 3.63) is 35.9 Å². The van der Waals surface area contributed by atoms with E-state index in [4.69, 9.17) is 11.1 Å². The van der Waals surface area contributed by atoms with Crippen LogP contribution >= 0.6 is 0 Å². The molecule has 1 aliphatic heterocycles. The Morgan fingerprint density at radius 1 is 1.44 bits per heavy atom. The zero-order chi connectivity index (χ0) is 11.5. The van der Waals surface area contributed by atoms with Crippen LogP contribution in [-0.4, -0.2) is 23.2 Å². The number of guanidine groups is 1. The van der Waals surface area contributed by atoms with Crippen molar-refractivity contribution in [1.82, 2.24) is 5.01 Å². The Balaban J connectivity index is 2.15. The average Bonchev–Trinajstić information content (AvgIpc) is 2.78. The van der Waals surface area contributed by atoms with Gasteiger partial charge in [-0.3, -0.25) is 5.41 Å². The maximum absolute atomic E-state index is 7.32. The van der Waals surface area contributed by atoms with Gasteiger partial charge in [0.05, 0.1) is 0 Å². The van der Waals surface area contributed by atoms with Gasteiger partial charge in [-0.1, -0.05) is 37.3 Å². The van der Waals surface area contributed by atoms with Crippen LogP contribution in [0.15, 0.2) is 35.4 Å². The predicted molar refractivity (Wildman–Crippen MR) is 65.5 cm³/mol. The Morgan fingerprint density at radius 3 is 2.69 bits per heavy atom. The first-order chi connectivity index (χ1) is 7.68. The Hall–Kier alpha value is -1.84. The fourth-order valence-electron chi connectivity index (χ4n) is 1.89. The van der Waals surface area contributed by atoms with Crippen molar-refractivity contribution < 1.29 is 0 Å². The van der Waals surface area contributed by atoms with Gasteiger partial charge in [0.25, 0.3) is 0 Å². The van der Waals surface area contributed by atoms with Gasteiger partial charge in [0.15, 0.2) is 0 Å². The Bertz CT molecular complexity index is 410. The number of nitrogens with zero attached hydrogens (tertiary/aromatic N) is 2. The molecule has 1 atom stereocenters. The summed E-state index contributed by atoms with van der Waals surface area (Å²) in [6.45, 7) is 2.86. The van der Waals surface area contributed by atoms with Crippen LogP contribution in [0.5, 0.6) is 0 Å². The Kier molecular flexibility index (Phi) is 2.90. The van der Waals surface area contributed by atoms with E-state index in [1.165, 1.54) is 5.56 Å². The molecule has 0 fully saturated rings. The minimum atomic E-state index is 0.0234. The third-order valence-electron chi connectivity index (χ3n) is 2.91. The molecule has 1 heterocycles. The number of hydrogen-bond donors (Lipinski definition) is 2. The second-order valence-electron chi connectivity index (χ2n) is 3.98. The number of rotatable bonds is 2. The standard InChI is InChI=1S/C12H16N4/c1-9(10-5-3-2-4-6-10)11-7-8-16(15-11)12(13)14/h2-6,9H,7-8H2,1H3,(H3,13,14)/t9-/m1/s1. The van der Waals surface area contributed by atoms with E-state index in [9.17, 15) is 0 Å². The highest BCUT2D eigenvalue weighted by molar-refractivity contribution is 5.93. The first-order valence-corrected chi connectivity index (χ1v) is 5.42. The topological polar surface area (TPSA) is 65.5 Å². The molecule has 0 saturated heterocycles. The molecule has 4 heteroatoms. The molecule has 0 spiro atoms. The van der Waals surface area contributed by atoms with Crippen LogP contribution in [0.1, 0.15) is 24.8 Å². The number of benzene rings is 1. The van der Waals surface area contributed by atoms with Crippen LogP contribution in [0.2, 0.25) is 0 Å². The van der Waals surface area contributed by atoms with E-state index in [2.05, 4.69) is 24.2 Å². The van der Waals surface area contributed by atoms with Crippen LogP contribution in [0.3, 0.4) is 0 Å². The van der Waals surface area contributed by atoms with Gasteiger partial charge in [-0.05, 0) is 5.56 Å². The van der Waals surface area contributed by atoms with E-state index in [1.54, 1.807) is 5.01 Å². The van der Waals surface area contributed by atoms with Crippen LogP contribution in [0.25, 0.3) is 0 Å². The summed E-state index contributed by atoms with van der Waals surface area (Å²) < 4.78 is 0. The molecular formula is C12H16N4. The molecule has 0 radical (unpaired) electrons. The van der Waals surface area contributed by atoms with Crippen LogP contribution < -0.4 is 5.73 Å². The highest BCUT2D eigenvalue weighted by Crippen LogP contribution is 2.22. The normalized spacial score (nSPS) is 17.1. The van der Waals surface area contributed by atoms with Crippen molar-refractivity contribution in [3.63, 3.8) is 0 Å². The molecule has 84 valence electrons. The average molecular weight is 216 g/mol. The molecule has 0 aliphatic carbocycles. The SMILES string of the molecule is C[C@@H](C1=NN(C(=N)N)CC1)c1ccccc1. The summed E-state index contributed by atoms with van der Waals surface area (Å²) >= 11 is 0. The van der Waals surface area contributed by atoms with Gasteiger partial charge in [0.1, 0.15) is 0 Å². The first-order valence-electron chi connectivity index (χ1n) is 5.42. The summed E-state index contributed by atoms with van der Waals surface area (Å²) in [6.07, 6.45) is 0.885. The van der Waals surface area contributed by atoms with Crippen LogP contribution in [0, 0.1) is 5.41 Å². The summed E-state index contributed by atoms with van der Waals surface area (Å²) in [5, 5.41) is 13.2. The lowest BCUT2D eigenvalue weighted by Gasteiger charge is -2.11. The Morgan fingerprint density at radius 2 is 2.12 bits per heavy atom. The molecule has 16 heavy (non-hydrogen) atoms. The molecule has 0 amide bonds. The number of hydrazone groups is 1. The van der Waals surface area contributed by atoms with Gasteiger partial charge in [0, 0.05) is 24.6 Å². The van der Waals surface area contributed by atoms with E-state index in [0.717, 1.165) is 18.7 Å². The summed E-state index contributed by atoms with van der Waals surface area (Å²) in [4.78, 5) is 0. The van der Waals surface area contributed by atoms with Crippen molar-refractivity contribution >= 4 is 11.7 Å². The van der Waals surface area contributed by atoms with Gasteiger partial charge in [-0.15, -0.1) is 0 Å². The number of nitrogens with two attached hydrogens (primary N) is 1. The summed E-state index contributed by atoms with van der Waals surface area (Å²) in [5.41, 5.74) is 7.76. The predicted octanol–water partition coefficient (Wildman–Crippen LogP) is 1.75. The first kappa shape index (κ1) is 10.7.